The fourth-order valence-electron chi connectivity index (χ4n) is 3.52. The largest absolute Gasteiger partial charge is 0.494 e. The third-order valence-electron chi connectivity index (χ3n) is 4.88. The van der Waals surface area contributed by atoms with Crippen LogP contribution in [0.15, 0.2) is 48.5 Å². The number of carboxylic acid groups (broad SMARTS) is 1. The van der Waals surface area contributed by atoms with Crippen molar-refractivity contribution in [1.29, 1.82) is 0 Å². The number of carboxylic acids is 1. The Kier molecular flexibility index (Phi) is 6.12. The lowest BCUT2D eigenvalue weighted by Crippen LogP contribution is -2.43. The Morgan fingerprint density at radius 1 is 1.15 bits per heavy atom. The Morgan fingerprint density at radius 3 is 2.74 bits per heavy atom. The number of fused-ring (bicyclic) bond motifs is 1. The molecule has 0 radical (unpaired) electrons. The van der Waals surface area contributed by atoms with Crippen molar-refractivity contribution in [3.63, 3.8) is 0 Å². The van der Waals surface area contributed by atoms with Crippen molar-refractivity contribution >= 4 is 11.9 Å². The van der Waals surface area contributed by atoms with Gasteiger partial charge in [-0.25, -0.2) is 4.79 Å². The Hall–Kier alpha value is -2.82. The van der Waals surface area contributed by atoms with Gasteiger partial charge in [-0.3, -0.25) is 4.79 Å². The molecule has 0 saturated heterocycles. The number of benzene rings is 2. The van der Waals surface area contributed by atoms with Gasteiger partial charge in [0.15, 0.2) is 6.04 Å². The van der Waals surface area contributed by atoms with Gasteiger partial charge in [-0.2, -0.15) is 0 Å². The third kappa shape index (κ3) is 4.67. The number of hydrogen-bond donors (Lipinski definition) is 1. The highest BCUT2D eigenvalue weighted by molar-refractivity contribution is 5.85. The van der Waals surface area contributed by atoms with Crippen molar-refractivity contribution in [3.05, 3.63) is 65.2 Å². The van der Waals surface area contributed by atoms with Crippen LogP contribution in [0.1, 0.15) is 42.0 Å². The van der Waals surface area contributed by atoms with Crippen LogP contribution in [0.2, 0.25) is 0 Å². The second kappa shape index (κ2) is 8.71. The summed E-state index contributed by atoms with van der Waals surface area (Å²) in [6.07, 6.45) is 2.46. The molecule has 5 heteroatoms. The molecular formula is C22H25NO4. The van der Waals surface area contributed by atoms with Crippen LogP contribution >= 0.6 is 0 Å². The molecule has 0 saturated carbocycles. The van der Waals surface area contributed by atoms with E-state index in [4.69, 9.17) is 4.74 Å². The molecule has 1 N–H and O–H groups in total. The first-order valence-electron chi connectivity index (χ1n) is 9.36. The zero-order valence-electron chi connectivity index (χ0n) is 15.6. The first-order valence-corrected chi connectivity index (χ1v) is 9.36. The minimum absolute atomic E-state index is 0.104. The summed E-state index contributed by atoms with van der Waals surface area (Å²) in [4.78, 5) is 25.9. The van der Waals surface area contributed by atoms with Gasteiger partial charge in [0.25, 0.3) is 0 Å². The SMILES string of the molecule is Cc1cccc(OCCCCC(=O)N2CCc3ccccc3C2C(=O)O)c1. The molecule has 2 aromatic carbocycles. The first-order chi connectivity index (χ1) is 13.1. The zero-order chi connectivity index (χ0) is 19.2. The molecule has 142 valence electrons. The van der Waals surface area contributed by atoms with Crippen molar-refractivity contribution in [1.82, 2.24) is 4.90 Å². The molecule has 5 nitrogen and oxygen atoms in total. The molecule has 1 heterocycles. The molecule has 1 unspecified atom stereocenters. The van der Waals surface area contributed by atoms with Crippen LogP contribution in [0, 0.1) is 6.92 Å². The second-order valence-electron chi connectivity index (χ2n) is 6.90. The van der Waals surface area contributed by atoms with Gasteiger partial charge in [-0.05, 0) is 55.0 Å². The quantitative estimate of drug-likeness (QED) is 0.757. The minimum Gasteiger partial charge on any atom is -0.494 e. The molecule has 0 bridgehead atoms. The zero-order valence-corrected chi connectivity index (χ0v) is 15.6. The van der Waals surface area contributed by atoms with E-state index in [1.165, 1.54) is 4.90 Å². The van der Waals surface area contributed by atoms with Crippen LogP contribution < -0.4 is 4.74 Å². The fourth-order valence-corrected chi connectivity index (χ4v) is 3.52. The van der Waals surface area contributed by atoms with E-state index in [1.54, 1.807) is 0 Å². The van der Waals surface area contributed by atoms with E-state index >= 15 is 0 Å². The average Bonchev–Trinajstić information content (AvgIpc) is 2.66. The van der Waals surface area contributed by atoms with Crippen LogP contribution in [0.3, 0.4) is 0 Å². The molecule has 1 amide bonds. The molecular weight excluding hydrogens is 342 g/mol. The number of hydrogen-bond acceptors (Lipinski definition) is 3. The van der Waals surface area contributed by atoms with Crippen molar-refractivity contribution in [2.24, 2.45) is 0 Å². The maximum absolute atomic E-state index is 12.6. The highest BCUT2D eigenvalue weighted by Gasteiger charge is 2.35. The summed E-state index contributed by atoms with van der Waals surface area (Å²) in [5.74, 6) is -0.245. The maximum atomic E-state index is 12.6. The topological polar surface area (TPSA) is 66.8 Å². The maximum Gasteiger partial charge on any atom is 0.331 e. The summed E-state index contributed by atoms with van der Waals surface area (Å²) in [5.41, 5.74) is 2.89. The van der Waals surface area contributed by atoms with E-state index < -0.39 is 12.0 Å². The second-order valence-corrected chi connectivity index (χ2v) is 6.90. The molecule has 27 heavy (non-hydrogen) atoms. The normalized spacial score (nSPS) is 15.9. The number of rotatable bonds is 7. The lowest BCUT2D eigenvalue weighted by molar-refractivity contribution is -0.151. The standard InChI is InChI=1S/C22H25NO4/c1-16-7-6-9-18(15-16)27-14-5-4-11-20(24)23-13-12-17-8-2-3-10-19(17)21(23)22(25)26/h2-3,6-10,15,21H,4-5,11-14H2,1H3,(H,25,26). The van der Waals surface area contributed by atoms with Crippen LogP contribution in [0.4, 0.5) is 0 Å². The number of aliphatic carboxylic acids is 1. The van der Waals surface area contributed by atoms with Crippen LogP contribution in [-0.2, 0) is 16.0 Å². The van der Waals surface area contributed by atoms with E-state index in [0.717, 1.165) is 28.9 Å². The summed E-state index contributed by atoms with van der Waals surface area (Å²) in [5, 5.41) is 9.65. The Labute approximate surface area is 159 Å². The molecule has 2 aromatic rings. The van der Waals surface area contributed by atoms with Gasteiger partial charge in [0.05, 0.1) is 6.61 Å². The van der Waals surface area contributed by atoms with Crippen LogP contribution in [-0.4, -0.2) is 35.0 Å². The monoisotopic (exact) mass is 367 g/mol. The molecule has 1 atom stereocenters. The Morgan fingerprint density at radius 2 is 1.96 bits per heavy atom. The van der Waals surface area contributed by atoms with E-state index in [2.05, 4.69) is 0 Å². The third-order valence-corrected chi connectivity index (χ3v) is 4.88. The number of aryl methyl sites for hydroxylation is 1. The van der Waals surface area contributed by atoms with Gasteiger partial charge < -0.3 is 14.7 Å². The molecule has 0 aromatic heterocycles. The molecule has 1 aliphatic heterocycles. The number of carbonyl (C=O) groups is 2. The highest BCUT2D eigenvalue weighted by Crippen LogP contribution is 2.30. The Bertz CT molecular complexity index is 817. The van der Waals surface area contributed by atoms with E-state index in [9.17, 15) is 14.7 Å². The van der Waals surface area contributed by atoms with Gasteiger partial charge in [0.2, 0.25) is 5.91 Å². The van der Waals surface area contributed by atoms with Crippen molar-refractivity contribution < 1.29 is 19.4 Å². The molecule has 1 aliphatic rings. The Balaban J connectivity index is 1.51. The predicted octanol–water partition coefficient (Wildman–Crippen LogP) is 3.75. The summed E-state index contributed by atoms with van der Waals surface area (Å²) in [7, 11) is 0. The fraction of sp³-hybridized carbons (Fsp3) is 0.364. The number of carbonyl (C=O) groups excluding carboxylic acids is 1. The van der Waals surface area contributed by atoms with Crippen molar-refractivity contribution in [2.75, 3.05) is 13.2 Å². The first kappa shape index (κ1) is 19.0. The van der Waals surface area contributed by atoms with Crippen LogP contribution in [0.25, 0.3) is 0 Å². The smallest absolute Gasteiger partial charge is 0.331 e. The van der Waals surface area contributed by atoms with Gasteiger partial charge in [0.1, 0.15) is 5.75 Å². The van der Waals surface area contributed by atoms with E-state index in [0.29, 0.717) is 32.4 Å². The van der Waals surface area contributed by atoms with Crippen molar-refractivity contribution in [3.8, 4) is 5.75 Å². The van der Waals surface area contributed by atoms with E-state index in [1.807, 2.05) is 55.5 Å². The van der Waals surface area contributed by atoms with E-state index in [-0.39, 0.29) is 5.91 Å². The average molecular weight is 367 g/mol. The van der Waals surface area contributed by atoms with Gasteiger partial charge >= 0.3 is 5.97 Å². The van der Waals surface area contributed by atoms with Gasteiger partial charge in [0, 0.05) is 13.0 Å². The molecule has 0 spiro atoms. The number of unbranched alkanes of at least 4 members (excludes halogenated alkanes) is 1. The number of nitrogens with zero attached hydrogens (tertiary/aromatic N) is 1. The van der Waals surface area contributed by atoms with Gasteiger partial charge in [-0.15, -0.1) is 0 Å². The number of ether oxygens (including phenoxy) is 1. The summed E-state index contributed by atoms with van der Waals surface area (Å²) in [6, 6.07) is 14.5. The minimum atomic E-state index is -0.974. The number of amides is 1. The summed E-state index contributed by atoms with van der Waals surface area (Å²) >= 11 is 0. The molecule has 0 aliphatic carbocycles. The summed E-state index contributed by atoms with van der Waals surface area (Å²) in [6.45, 7) is 3.01. The molecule has 3 rings (SSSR count). The summed E-state index contributed by atoms with van der Waals surface area (Å²) < 4.78 is 5.70. The lowest BCUT2D eigenvalue weighted by Gasteiger charge is -2.34. The van der Waals surface area contributed by atoms with Crippen molar-refractivity contribution in [2.45, 2.75) is 38.6 Å². The van der Waals surface area contributed by atoms with Gasteiger partial charge in [-0.1, -0.05) is 36.4 Å². The predicted molar refractivity (Wildman–Crippen MR) is 103 cm³/mol. The lowest BCUT2D eigenvalue weighted by atomic mass is 9.92. The van der Waals surface area contributed by atoms with Crippen LogP contribution in [0.5, 0.6) is 5.75 Å². The molecule has 0 fully saturated rings. The highest BCUT2D eigenvalue weighted by atomic mass is 16.5.